The minimum atomic E-state index is 0. The molecule has 1 aliphatic heterocycles. The van der Waals surface area contributed by atoms with Crippen LogP contribution in [0.2, 0.25) is 0 Å². The van der Waals surface area contributed by atoms with Crippen molar-refractivity contribution in [1.29, 1.82) is 0 Å². The zero-order valence-electron chi connectivity index (χ0n) is 10.8. The Morgan fingerprint density at radius 1 is 1.05 bits per heavy atom. The van der Waals surface area contributed by atoms with Crippen LogP contribution in [0, 0.1) is 5.92 Å². The number of rotatable bonds is 3. The molecule has 19 heavy (non-hydrogen) atoms. The predicted molar refractivity (Wildman–Crippen MR) is 88.5 cm³/mol. The molecule has 1 aromatic rings. The smallest absolute Gasteiger partial charge is 0.0377 e. The Labute approximate surface area is 136 Å². The molecule has 108 valence electrons. The van der Waals surface area contributed by atoms with Gasteiger partial charge in [0.15, 0.2) is 0 Å². The Kier molecular flexibility index (Phi) is 7.12. The van der Waals surface area contributed by atoms with E-state index >= 15 is 0 Å². The number of benzene rings is 1. The maximum atomic E-state index is 3.52. The molecule has 2 nitrogen and oxygen atoms in total. The molecule has 1 aromatic carbocycles. The summed E-state index contributed by atoms with van der Waals surface area (Å²) in [5, 5.41) is 3.44. The van der Waals surface area contributed by atoms with Crippen LogP contribution in [0.25, 0.3) is 0 Å². The summed E-state index contributed by atoms with van der Waals surface area (Å²) in [5.74, 6) is 0.897. The number of piperazine rings is 1. The molecule has 0 unspecified atom stereocenters. The van der Waals surface area contributed by atoms with E-state index < -0.39 is 0 Å². The van der Waals surface area contributed by atoms with Gasteiger partial charge in [-0.15, -0.1) is 24.8 Å². The van der Waals surface area contributed by atoms with Gasteiger partial charge in [-0.05, 0) is 36.5 Å². The quantitative estimate of drug-likeness (QED) is 0.877. The van der Waals surface area contributed by atoms with E-state index in [0.29, 0.717) is 6.04 Å². The van der Waals surface area contributed by atoms with Gasteiger partial charge in [-0.3, -0.25) is 4.90 Å². The first-order valence-electron chi connectivity index (χ1n) is 6.55. The van der Waals surface area contributed by atoms with Crippen LogP contribution in [0.3, 0.4) is 0 Å². The van der Waals surface area contributed by atoms with E-state index in [1.54, 1.807) is 0 Å². The van der Waals surface area contributed by atoms with Crippen LogP contribution in [0.4, 0.5) is 0 Å². The van der Waals surface area contributed by atoms with Gasteiger partial charge in [0.05, 0.1) is 0 Å². The Morgan fingerprint density at radius 3 is 2.16 bits per heavy atom. The third-order valence-corrected chi connectivity index (χ3v) is 4.35. The highest BCUT2D eigenvalue weighted by Crippen LogP contribution is 2.44. The van der Waals surface area contributed by atoms with Gasteiger partial charge in [-0.25, -0.2) is 0 Å². The monoisotopic (exact) mass is 366 g/mol. The zero-order valence-corrected chi connectivity index (χ0v) is 14.1. The average Bonchev–Trinajstić information content (AvgIpc) is 3.18. The van der Waals surface area contributed by atoms with Crippen molar-refractivity contribution < 1.29 is 0 Å². The third-order valence-electron chi connectivity index (χ3n) is 3.83. The van der Waals surface area contributed by atoms with Gasteiger partial charge in [-0.2, -0.15) is 0 Å². The van der Waals surface area contributed by atoms with Gasteiger partial charge in [0.25, 0.3) is 0 Å². The van der Waals surface area contributed by atoms with Gasteiger partial charge in [0, 0.05) is 36.7 Å². The highest BCUT2D eigenvalue weighted by molar-refractivity contribution is 9.10. The lowest BCUT2D eigenvalue weighted by atomic mass is 10.00. The fourth-order valence-corrected chi connectivity index (χ4v) is 3.08. The normalized spacial score (nSPS) is 21.1. The molecule has 5 heteroatoms. The van der Waals surface area contributed by atoms with Gasteiger partial charge < -0.3 is 5.32 Å². The molecule has 0 radical (unpaired) electrons. The van der Waals surface area contributed by atoms with E-state index in [9.17, 15) is 0 Å². The Morgan fingerprint density at radius 2 is 1.63 bits per heavy atom. The van der Waals surface area contributed by atoms with Crippen molar-refractivity contribution in [3.63, 3.8) is 0 Å². The molecule has 0 aromatic heterocycles. The van der Waals surface area contributed by atoms with Crippen LogP contribution >= 0.6 is 40.7 Å². The van der Waals surface area contributed by atoms with E-state index in [4.69, 9.17) is 0 Å². The van der Waals surface area contributed by atoms with Crippen LogP contribution in [-0.4, -0.2) is 31.1 Å². The van der Waals surface area contributed by atoms with Crippen molar-refractivity contribution >= 4 is 40.7 Å². The van der Waals surface area contributed by atoms with Crippen LogP contribution in [0.1, 0.15) is 24.4 Å². The summed E-state index contributed by atoms with van der Waals surface area (Å²) in [6.45, 7) is 4.66. The number of hydrogen-bond acceptors (Lipinski definition) is 2. The minimum Gasteiger partial charge on any atom is -0.314 e. The lowest BCUT2D eigenvalue weighted by Crippen LogP contribution is -2.45. The van der Waals surface area contributed by atoms with E-state index in [0.717, 1.165) is 19.0 Å². The maximum Gasteiger partial charge on any atom is 0.0377 e. The maximum absolute atomic E-state index is 3.52. The second-order valence-corrected chi connectivity index (χ2v) is 6.04. The number of hydrogen-bond donors (Lipinski definition) is 1. The minimum absolute atomic E-state index is 0. The number of nitrogens with one attached hydrogen (secondary N) is 1. The SMILES string of the molecule is Brc1ccc([C@H](C2CC2)N2CCNCC2)cc1.Cl.Cl. The van der Waals surface area contributed by atoms with Crippen LogP contribution in [0.15, 0.2) is 28.7 Å². The van der Waals surface area contributed by atoms with Crippen LogP contribution in [-0.2, 0) is 0 Å². The van der Waals surface area contributed by atoms with Crippen LogP contribution in [0.5, 0.6) is 0 Å². The molecule has 2 aliphatic rings. The van der Waals surface area contributed by atoms with E-state index in [1.165, 1.54) is 36.0 Å². The molecule has 0 amide bonds. The summed E-state index contributed by atoms with van der Waals surface area (Å²) in [5.41, 5.74) is 1.50. The van der Waals surface area contributed by atoms with E-state index in [-0.39, 0.29) is 24.8 Å². The third kappa shape index (κ3) is 4.33. The summed E-state index contributed by atoms with van der Waals surface area (Å²) in [4.78, 5) is 2.66. The van der Waals surface area contributed by atoms with E-state index in [2.05, 4.69) is 50.4 Å². The summed E-state index contributed by atoms with van der Waals surface area (Å²) in [7, 11) is 0. The predicted octanol–water partition coefficient (Wildman–Crippen LogP) is 3.65. The topological polar surface area (TPSA) is 15.3 Å². The Hall–Kier alpha value is 0.200. The lowest BCUT2D eigenvalue weighted by Gasteiger charge is -2.35. The van der Waals surface area contributed by atoms with Gasteiger partial charge in [0.2, 0.25) is 0 Å². The van der Waals surface area contributed by atoms with Crippen molar-refractivity contribution in [3.8, 4) is 0 Å². The molecular weight excluding hydrogens is 347 g/mol. The first-order valence-corrected chi connectivity index (χ1v) is 7.34. The Bertz CT molecular complexity index is 376. The number of halogens is 3. The highest BCUT2D eigenvalue weighted by Gasteiger charge is 2.36. The first-order chi connectivity index (χ1) is 8.34. The molecule has 1 aliphatic carbocycles. The van der Waals surface area contributed by atoms with Crippen molar-refractivity contribution in [2.24, 2.45) is 5.92 Å². The van der Waals surface area contributed by atoms with E-state index in [1.807, 2.05) is 0 Å². The average molecular weight is 368 g/mol. The molecule has 0 spiro atoms. The lowest BCUT2D eigenvalue weighted by molar-refractivity contribution is 0.156. The van der Waals surface area contributed by atoms with Crippen molar-refractivity contribution in [3.05, 3.63) is 34.3 Å². The largest absolute Gasteiger partial charge is 0.314 e. The molecule has 1 saturated heterocycles. The summed E-state index contributed by atoms with van der Waals surface area (Å²) >= 11 is 3.52. The van der Waals surface area contributed by atoms with Gasteiger partial charge in [-0.1, -0.05) is 28.1 Å². The molecule has 1 heterocycles. The molecule has 1 N–H and O–H groups in total. The second-order valence-electron chi connectivity index (χ2n) is 5.12. The molecule has 1 saturated carbocycles. The fourth-order valence-electron chi connectivity index (χ4n) is 2.81. The molecular formula is C14H21BrCl2N2. The highest BCUT2D eigenvalue weighted by atomic mass is 79.9. The van der Waals surface area contributed by atoms with Crippen molar-refractivity contribution in [1.82, 2.24) is 10.2 Å². The molecule has 0 bridgehead atoms. The summed E-state index contributed by atoms with van der Waals surface area (Å²) in [6, 6.07) is 9.58. The van der Waals surface area contributed by atoms with Crippen molar-refractivity contribution in [2.75, 3.05) is 26.2 Å². The zero-order chi connectivity index (χ0) is 11.7. The molecule has 2 fully saturated rings. The van der Waals surface area contributed by atoms with Crippen LogP contribution < -0.4 is 5.32 Å². The summed E-state index contributed by atoms with van der Waals surface area (Å²) < 4.78 is 1.18. The summed E-state index contributed by atoms with van der Waals surface area (Å²) in [6.07, 6.45) is 2.81. The second kappa shape index (κ2) is 7.84. The molecule has 3 rings (SSSR count). The fraction of sp³-hybridized carbons (Fsp3) is 0.571. The molecule has 1 atom stereocenters. The van der Waals surface area contributed by atoms with Gasteiger partial charge >= 0.3 is 0 Å². The standard InChI is InChI=1S/C14H19BrN2.2ClH/c15-13-5-3-12(4-6-13)14(11-1-2-11)17-9-7-16-8-10-17;;/h3-6,11,14,16H,1-2,7-10H2;2*1H/t14-;;/m0../s1. The first kappa shape index (κ1) is 17.3. The van der Waals surface area contributed by atoms with Gasteiger partial charge in [0.1, 0.15) is 0 Å². The van der Waals surface area contributed by atoms with Crippen molar-refractivity contribution in [2.45, 2.75) is 18.9 Å². The Balaban J connectivity index is 0.000000902. The number of nitrogens with zero attached hydrogens (tertiary/aromatic N) is 1.